The molecule has 2 aliphatic heterocycles. The van der Waals surface area contributed by atoms with E-state index < -0.39 is 0 Å². The standard InChI is InChI=1S/C17H21N3O/c1-12-10-19-8-4-5-13(19)11-20(12)17(21)15-9-18-16-7-3-2-6-14(15)16/h2-3,6-7,9,12-13,18H,4-5,8,10-11H2,1H3. The molecule has 2 unspecified atom stereocenters. The molecule has 4 nitrogen and oxygen atoms in total. The zero-order chi connectivity index (χ0) is 14.4. The zero-order valence-corrected chi connectivity index (χ0v) is 12.4. The molecule has 4 heteroatoms. The van der Waals surface area contributed by atoms with Gasteiger partial charge in [-0.3, -0.25) is 9.69 Å². The summed E-state index contributed by atoms with van der Waals surface area (Å²) in [5, 5.41) is 1.03. The normalized spacial score (nSPS) is 26.2. The van der Waals surface area contributed by atoms with E-state index in [0.29, 0.717) is 12.1 Å². The highest BCUT2D eigenvalue weighted by Gasteiger charge is 2.37. The Bertz CT molecular complexity index is 677. The molecule has 1 aromatic heterocycles. The summed E-state index contributed by atoms with van der Waals surface area (Å²) in [6.07, 6.45) is 4.36. The molecule has 1 N–H and O–H groups in total. The molecule has 2 atom stereocenters. The lowest BCUT2D eigenvalue weighted by molar-refractivity contribution is 0.0397. The fourth-order valence-electron chi connectivity index (χ4n) is 3.87. The molecule has 3 heterocycles. The van der Waals surface area contributed by atoms with Gasteiger partial charge in [0.25, 0.3) is 5.91 Å². The lowest BCUT2D eigenvalue weighted by atomic mass is 10.1. The van der Waals surface area contributed by atoms with Gasteiger partial charge in [-0.2, -0.15) is 0 Å². The number of carbonyl (C=O) groups is 1. The van der Waals surface area contributed by atoms with E-state index in [9.17, 15) is 4.79 Å². The van der Waals surface area contributed by atoms with Crippen LogP contribution in [0.1, 0.15) is 30.1 Å². The molecule has 2 fully saturated rings. The Morgan fingerprint density at radius 2 is 2.14 bits per heavy atom. The molecule has 2 aromatic rings. The Balaban J connectivity index is 1.64. The fraction of sp³-hybridized carbons (Fsp3) is 0.471. The minimum absolute atomic E-state index is 0.173. The van der Waals surface area contributed by atoms with Gasteiger partial charge in [-0.15, -0.1) is 0 Å². The van der Waals surface area contributed by atoms with Crippen LogP contribution in [-0.2, 0) is 0 Å². The summed E-state index contributed by atoms with van der Waals surface area (Å²) in [5.41, 5.74) is 1.84. The number of aromatic amines is 1. The quantitative estimate of drug-likeness (QED) is 0.873. The Morgan fingerprint density at radius 1 is 1.29 bits per heavy atom. The van der Waals surface area contributed by atoms with Crippen molar-refractivity contribution in [3.05, 3.63) is 36.0 Å². The van der Waals surface area contributed by atoms with E-state index in [-0.39, 0.29) is 5.91 Å². The molecule has 0 spiro atoms. The predicted molar refractivity (Wildman–Crippen MR) is 83.4 cm³/mol. The van der Waals surface area contributed by atoms with Crippen LogP contribution < -0.4 is 0 Å². The number of para-hydroxylation sites is 1. The van der Waals surface area contributed by atoms with Gasteiger partial charge in [-0.1, -0.05) is 18.2 Å². The van der Waals surface area contributed by atoms with Gasteiger partial charge in [0.15, 0.2) is 0 Å². The molecule has 2 aliphatic rings. The first-order chi connectivity index (χ1) is 10.2. The number of aromatic nitrogens is 1. The Morgan fingerprint density at radius 3 is 3.05 bits per heavy atom. The lowest BCUT2D eigenvalue weighted by Crippen LogP contribution is -2.56. The van der Waals surface area contributed by atoms with Crippen LogP contribution in [0.5, 0.6) is 0 Å². The summed E-state index contributed by atoms with van der Waals surface area (Å²) in [4.78, 5) is 20.8. The van der Waals surface area contributed by atoms with Crippen LogP contribution in [0.4, 0.5) is 0 Å². The van der Waals surface area contributed by atoms with Crippen LogP contribution in [0.25, 0.3) is 10.9 Å². The van der Waals surface area contributed by atoms with Crippen molar-refractivity contribution in [2.75, 3.05) is 19.6 Å². The summed E-state index contributed by atoms with van der Waals surface area (Å²) in [6, 6.07) is 8.88. The number of rotatable bonds is 1. The number of carbonyl (C=O) groups excluding carboxylic acids is 1. The summed E-state index contributed by atoms with van der Waals surface area (Å²) >= 11 is 0. The van der Waals surface area contributed by atoms with Gasteiger partial charge in [0.05, 0.1) is 5.56 Å². The number of hydrogen-bond donors (Lipinski definition) is 1. The van der Waals surface area contributed by atoms with E-state index in [4.69, 9.17) is 0 Å². The maximum atomic E-state index is 13.0. The van der Waals surface area contributed by atoms with Crippen molar-refractivity contribution in [3.63, 3.8) is 0 Å². The molecule has 2 saturated heterocycles. The molecule has 0 radical (unpaired) electrons. The second-order valence-electron chi connectivity index (χ2n) is 6.35. The highest BCUT2D eigenvalue weighted by Crippen LogP contribution is 2.27. The average molecular weight is 283 g/mol. The highest BCUT2D eigenvalue weighted by atomic mass is 16.2. The van der Waals surface area contributed by atoms with Crippen molar-refractivity contribution in [3.8, 4) is 0 Å². The van der Waals surface area contributed by atoms with Crippen LogP contribution in [0, 0.1) is 0 Å². The number of piperazine rings is 1. The Hall–Kier alpha value is -1.81. The third kappa shape index (κ3) is 2.05. The number of benzene rings is 1. The van der Waals surface area contributed by atoms with Gasteiger partial charge in [-0.05, 0) is 32.4 Å². The number of amides is 1. The minimum Gasteiger partial charge on any atom is -0.360 e. The summed E-state index contributed by atoms with van der Waals surface area (Å²) in [6.45, 7) is 5.25. The predicted octanol–water partition coefficient (Wildman–Crippen LogP) is 2.48. The van der Waals surface area contributed by atoms with Crippen molar-refractivity contribution in [2.24, 2.45) is 0 Å². The van der Waals surface area contributed by atoms with Gasteiger partial charge in [-0.25, -0.2) is 0 Å². The molecule has 1 aromatic carbocycles. The second-order valence-corrected chi connectivity index (χ2v) is 6.35. The fourth-order valence-corrected chi connectivity index (χ4v) is 3.87. The van der Waals surface area contributed by atoms with Crippen LogP contribution in [0.2, 0.25) is 0 Å². The number of hydrogen-bond acceptors (Lipinski definition) is 2. The number of H-pyrrole nitrogens is 1. The third-order valence-corrected chi connectivity index (χ3v) is 5.02. The van der Waals surface area contributed by atoms with Crippen LogP contribution in [0.15, 0.2) is 30.5 Å². The van der Waals surface area contributed by atoms with E-state index in [2.05, 4.69) is 21.7 Å². The molecule has 21 heavy (non-hydrogen) atoms. The monoisotopic (exact) mass is 283 g/mol. The van der Waals surface area contributed by atoms with E-state index in [0.717, 1.165) is 29.6 Å². The first kappa shape index (κ1) is 12.9. The van der Waals surface area contributed by atoms with E-state index in [1.807, 2.05) is 30.5 Å². The summed E-state index contributed by atoms with van der Waals surface area (Å²) in [5.74, 6) is 0.173. The first-order valence-corrected chi connectivity index (χ1v) is 7.85. The van der Waals surface area contributed by atoms with Crippen molar-refractivity contribution in [1.29, 1.82) is 0 Å². The average Bonchev–Trinajstić information content (AvgIpc) is 3.11. The first-order valence-electron chi connectivity index (χ1n) is 7.85. The molecule has 0 aliphatic carbocycles. The molecule has 0 bridgehead atoms. The number of nitrogens with one attached hydrogen (secondary N) is 1. The van der Waals surface area contributed by atoms with E-state index in [1.165, 1.54) is 19.4 Å². The van der Waals surface area contributed by atoms with Crippen LogP contribution in [0.3, 0.4) is 0 Å². The third-order valence-electron chi connectivity index (χ3n) is 5.02. The SMILES string of the molecule is CC1CN2CCCC2CN1C(=O)c1c[nH]c2ccccc12. The zero-order valence-electron chi connectivity index (χ0n) is 12.4. The summed E-state index contributed by atoms with van der Waals surface area (Å²) in [7, 11) is 0. The topological polar surface area (TPSA) is 39.3 Å². The number of nitrogens with zero attached hydrogens (tertiary/aromatic N) is 2. The highest BCUT2D eigenvalue weighted by molar-refractivity contribution is 6.06. The van der Waals surface area contributed by atoms with Gasteiger partial charge in [0, 0.05) is 42.3 Å². The van der Waals surface area contributed by atoms with Gasteiger partial charge >= 0.3 is 0 Å². The van der Waals surface area contributed by atoms with Gasteiger partial charge in [0.1, 0.15) is 0 Å². The lowest BCUT2D eigenvalue weighted by Gasteiger charge is -2.42. The smallest absolute Gasteiger partial charge is 0.256 e. The number of fused-ring (bicyclic) bond motifs is 2. The largest absolute Gasteiger partial charge is 0.360 e. The molecule has 0 saturated carbocycles. The molecule has 4 rings (SSSR count). The maximum Gasteiger partial charge on any atom is 0.256 e. The van der Waals surface area contributed by atoms with Crippen LogP contribution >= 0.6 is 0 Å². The Kier molecular flexibility index (Phi) is 3.00. The van der Waals surface area contributed by atoms with Crippen molar-refractivity contribution in [1.82, 2.24) is 14.8 Å². The Labute approximate surface area is 124 Å². The van der Waals surface area contributed by atoms with Crippen LogP contribution in [-0.4, -0.2) is 52.4 Å². The minimum atomic E-state index is 0.173. The van der Waals surface area contributed by atoms with Crippen molar-refractivity contribution in [2.45, 2.75) is 31.8 Å². The maximum absolute atomic E-state index is 13.0. The second kappa shape index (κ2) is 4.88. The van der Waals surface area contributed by atoms with Crippen molar-refractivity contribution < 1.29 is 4.79 Å². The molecular formula is C17H21N3O. The van der Waals surface area contributed by atoms with E-state index >= 15 is 0 Å². The van der Waals surface area contributed by atoms with Gasteiger partial charge in [0.2, 0.25) is 0 Å². The molecule has 1 amide bonds. The van der Waals surface area contributed by atoms with E-state index in [1.54, 1.807) is 0 Å². The molecule has 110 valence electrons. The van der Waals surface area contributed by atoms with Gasteiger partial charge < -0.3 is 9.88 Å². The summed E-state index contributed by atoms with van der Waals surface area (Å²) < 4.78 is 0. The molecular weight excluding hydrogens is 262 g/mol. The van der Waals surface area contributed by atoms with Crippen molar-refractivity contribution >= 4 is 16.8 Å².